The Morgan fingerprint density at radius 3 is 1.81 bits per heavy atom. The molecule has 1 heterocycles. The summed E-state index contributed by atoms with van der Waals surface area (Å²) in [6, 6.07) is 23.8. The van der Waals surface area contributed by atoms with E-state index in [0.717, 1.165) is 4.90 Å². The number of hydrogen-bond donors (Lipinski definition) is 1. The topological polar surface area (TPSA) is 92.8 Å². The van der Waals surface area contributed by atoms with Crippen LogP contribution >= 0.6 is 0 Å². The summed E-state index contributed by atoms with van der Waals surface area (Å²) in [5.41, 5.74) is -1.58. The van der Waals surface area contributed by atoms with Gasteiger partial charge in [-0.1, -0.05) is 78.9 Å². The van der Waals surface area contributed by atoms with Gasteiger partial charge in [0.05, 0.1) is 11.1 Å². The third-order valence-corrected chi connectivity index (χ3v) is 6.17. The van der Waals surface area contributed by atoms with Gasteiger partial charge in [-0.05, 0) is 44.0 Å². The molecule has 7 heteroatoms. The van der Waals surface area contributed by atoms with Gasteiger partial charge in [-0.15, -0.1) is 6.58 Å². The van der Waals surface area contributed by atoms with Crippen LogP contribution in [0.25, 0.3) is 0 Å². The Morgan fingerprint density at radius 2 is 1.32 bits per heavy atom. The quantitative estimate of drug-likeness (QED) is 0.374. The summed E-state index contributed by atoms with van der Waals surface area (Å²) in [4.78, 5) is 55.9. The molecule has 3 aromatic rings. The lowest BCUT2D eigenvalue weighted by Gasteiger charge is -2.44. The number of carbonyl (C=O) groups is 4. The minimum Gasteiger partial charge on any atom is -0.444 e. The van der Waals surface area contributed by atoms with Crippen LogP contribution in [0.5, 0.6) is 0 Å². The fourth-order valence-electron chi connectivity index (χ4n) is 4.72. The zero-order valence-electron chi connectivity index (χ0n) is 20.9. The molecule has 2 atom stereocenters. The summed E-state index contributed by atoms with van der Waals surface area (Å²) in [7, 11) is 0. The maximum absolute atomic E-state index is 14.4. The molecule has 0 unspecified atom stereocenters. The minimum absolute atomic E-state index is 0.175. The summed E-state index contributed by atoms with van der Waals surface area (Å²) in [6.07, 6.45) is 0.519. The number of amides is 4. The smallest absolute Gasteiger partial charge is 0.414 e. The van der Waals surface area contributed by atoms with Crippen molar-refractivity contribution in [2.45, 2.75) is 37.8 Å². The van der Waals surface area contributed by atoms with Gasteiger partial charge in [-0.25, -0.2) is 4.79 Å². The van der Waals surface area contributed by atoms with Crippen LogP contribution in [0.2, 0.25) is 0 Å². The molecule has 188 valence electrons. The van der Waals surface area contributed by atoms with Gasteiger partial charge in [0.2, 0.25) is 0 Å². The normalized spacial score (nSPS) is 15.4. The standard InChI is InChI=1S/C30H28N2O5/c1-5-24(20-14-8-6-9-15-20)30(21-16-10-7-11-17-21,27(35)31-28(36)37-29(2,3)4)32-25(33)22-18-12-13-19-23(22)26(32)34/h5-19,24H,1H2,2-4H3,(H,31,35,36)/t24-,30-/m1/s1. The average Bonchev–Trinajstić information content (AvgIpc) is 3.12. The van der Waals surface area contributed by atoms with E-state index in [4.69, 9.17) is 4.74 Å². The van der Waals surface area contributed by atoms with E-state index in [9.17, 15) is 19.2 Å². The lowest BCUT2D eigenvalue weighted by molar-refractivity contribution is -0.132. The Bertz CT molecular complexity index is 1330. The first-order valence-electron chi connectivity index (χ1n) is 11.9. The molecule has 7 nitrogen and oxygen atoms in total. The second kappa shape index (κ2) is 9.85. The molecule has 0 aromatic heterocycles. The summed E-state index contributed by atoms with van der Waals surface area (Å²) >= 11 is 0. The minimum atomic E-state index is -2.01. The summed E-state index contributed by atoms with van der Waals surface area (Å²) in [5.74, 6) is -3.10. The second-order valence-corrected chi connectivity index (χ2v) is 9.70. The third kappa shape index (κ3) is 4.56. The van der Waals surface area contributed by atoms with E-state index in [1.807, 2.05) is 6.07 Å². The number of imide groups is 2. The van der Waals surface area contributed by atoms with Crippen LogP contribution in [0.3, 0.4) is 0 Å². The molecule has 0 radical (unpaired) electrons. The van der Waals surface area contributed by atoms with E-state index in [1.54, 1.807) is 99.6 Å². The van der Waals surface area contributed by atoms with E-state index < -0.39 is 40.9 Å². The number of ether oxygens (including phenoxy) is 1. The van der Waals surface area contributed by atoms with Gasteiger partial charge in [0, 0.05) is 5.92 Å². The monoisotopic (exact) mass is 496 g/mol. The molecule has 4 amide bonds. The molecule has 0 spiro atoms. The third-order valence-electron chi connectivity index (χ3n) is 6.17. The van der Waals surface area contributed by atoms with E-state index in [0.29, 0.717) is 11.1 Å². The molecule has 0 saturated heterocycles. The van der Waals surface area contributed by atoms with Crippen molar-refractivity contribution in [3.8, 4) is 0 Å². The van der Waals surface area contributed by atoms with Gasteiger partial charge in [-0.3, -0.25) is 24.6 Å². The molecule has 0 bridgehead atoms. The predicted molar refractivity (Wildman–Crippen MR) is 139 cm³/mol. The zero-order chi connectivity index (χ0) is 26.8. The highest BCUT2D eigenvalue weighted by atomic mass is 16.6. The van der Waals surface area contributed by atoms with Crippen molar-refractivity contribution >= 4 is 23.8 Å². The van der Waals surface area contributed by atoms with Crippen LogP contribution < -0.4 is 5.32 Å². The Hall–Kier alpha value is -4.52. The molecule has 1 N–H and O–H groups in total. The number of nitrogens with one attached hydrogen (secondary N) is 1. The summed E-state index contributed by atoms with van der Waals surface area (Å²) in [5, 5.41) is 2.31. The summed E-state index contributed by atoms with van der Waals surface area (Å²) in [6.45, 7) is 8.98. The Kier molecular flexibility index (Phi) is 6.81. The first-order chi connectivity index (χ1) is 17.6. The fourth-order valence-corrected chi connectivity index (χ4v) is 4.72. The first kappa shape index (κ1) is 25.6. The number of nitrogens with zero attached hydrogens (tertiary/aromatic N) is 1. The number of benzene rings is 3. The molecule has 4 rings (SSSR count). The van der Waals surface area contributed by atoms with Crippen LogP contribution in [0.15, 0.2) is 97.6 Å². The Morgan fingerprint density at radius 1 is 0.838 bits per heavy atom. The van der Waals surface area contributed by atoms with E-state index >= 15 is 0 Å². The number of carbonyl (C=O) groups excluding carboxylic acids is 4. The highest BCUT2D eigenvalue weighted by Gasteiger charge is 2.59. The van der Waals surface area contributed by atoms with Crippen LogP contribution in [0.1, 0.15) is 58.5 Å². The SMILES string of the molecule is C=C[C@H](c1ccccc1)[C@@](C(=O)NC(=O)OC(C)(C)C)(c1ccccc1)N1C(=O)c2ccccc2C1=O. The second-order valence-electron chi connectivity index (χ2n) is 9.70. The Labute approximate surface area is 215 Å². The molecule has 0 fully saturated rings. The van der Waals surface area contributed by atoms with Gasteiger partial charge in [0.1, 0.15) is 5.60 Å². The first-order valence-corrected chi connectivity index (χ1v) is 11.9. The van der Waals surface area contributed by atoms with Crippen molar-refractivity contribution in [1.82, 2.24) is 10.2 Å². The lowest BCUT2D eigenvalue weighted by atomic mass is 9.72. The van der Waals surface area contributed by atoms with Crippen LogP contribution in [0.4, 0.5) is 4.79 Å². The van der Waals surface area contributed by atoms with Crippen molar-refractivity contribution in [2.24, 2.45) is 0 Å². The molecule has 0 aliphatic carbocycles. The van der Waals surface area contributed by atoms with Crippen LogP contribution in [-0.4, -0.2) is 34.3 Å². The molecule has 1 aliphatic heterocycles. The number of rotatable bonds is 6. The molecular weight excluding hydrogens is 468 g/mol. The molecule has 3 aromatic carbocycles. The average molecular weight is 497 g/mol. The van der Waals surface area contributed by atoms with Gasteiger partial charge in [0.15, 0.2) is 5.54 Å². The van der Waals surface area contributed by atoms with Gasteiger partial charge in [-0.2, -0.15) is 0 Å². The van der Waals surface area contributed by atoms with E-state index in [1.165, 1.54) is 6.08 Å². The van der Waals surface area contributed by atoms with Gasteiger partial charge >= 0.3 is 6.09 Å². The lowest BCUT2D eigenvalue weighted by Crippen LogP contribution is -2.62. The van der Waals surface area contributed by atoms with E-state index in [2.05, 4.69) is 11.9 Å². The van der Waals surface area contributed by atoms with Crippen LogP contribution in [-0.2, 0) is 15.1 Å². The summed E-state index contributed by atoms with van der Waals surface area (Å²) < 4.78 is 5.35. The van der Waals surface area contributed by atoms with Crippen molar-refractivity contribution < 1.29 is 23.9 Å². The fraction of sp³-hybridized carbons (Fsp3) is 0.200. The maximum atomic E-state index is 14.4. The maximum Gasteiger partial charge on any atom is 0.414 e. The van der Waals surface area contributed by atoms with Crippen molar-refractivity contribution in [3.63, 3.8) is 0 Å². The molecular formula is C30H28N2O5. The highest BCUT2D eigenvalue weighted by molar-refractivity contribution is 6.24. The van der Waals surface area contributed by atoms with Gasteiger partial charge in [0.25, 0.3) is 17.7 Å². The zero-order valence-corrected chi connectivity index (χ0v) is 20.9. The number of alkyl carbamates (subject to hydrolysis) is 1. The van der Waals surface area contributed by atoms with Crippen LogP contribution in [0, 0.1) is 0 Å². The van der Waals surface area contributed by atoms with Gasteiger partial charge < -0.3 is 4.74 Å². The largest absolute Gasteiger partial charge is 0.444 e. The number of hydrogen-bond acceptors (Lipinski definition) is 5. The van der Waals surface area contributed by atoms with Crippen molar-refractivity contribution in [3.05, 3.63) is 120 Å². The molecule has 1 aliphatic rings. The predicted octanol–water partition coefficient (Wildman–Crippen LogP) is 5.20. The molecule has 0 saturated carbocycles. The molecule has 37 heavy (non-hydrogen) atoms. The van der Waals surface area contributed by atoms with E-state index in [-0.39, 0.29) is 11.1 Å². The highest BCUT2D eigenvalue weighted by Crippen LogP contribution is 2.47. The Balaban J connectivity index is 2.01. The van der Waals surface area contributed by atoms with Crippen molar-refractivity contribution in [1.29, 1.82) is 0 Å². The van der Waals surface area contributed by atoms with Crippen molar-refractivity contribution in [2.75, 3.05) is 0 Å². The number of fused-ring (bicyclic) bond motifs is 1.